The highest BCUT2D eigenvalue weighted by Crippen LogP contribution is 2.35. The van der Waals surface area contributed by atoms with E-state index in [1.807, 2.05) is 30.3 Å². The van der Waals surface area contributed by atoms with Crippen molar-refractivity contribution >= 4 is 33.4 Å². The minimum Gasteiger partial charge on any atom is -0.387 e. The van der Waals surface area contributed by atoms with Gasteiger partial charge in [0.25, 0.3) is 0 Å². The van der Waals surface area contributed by atoms with Crippen LogP contribution in [0, 0.1) is 0 Å². The molecule has 0 fully saturated rings. The summed E-state index contributed by atoms with van der Waals surface area (Å²) in [5, 5.41) is 9.63. The molecule has 0 radical (unpaired) electrons. The highest BCUT2D eigenvalue weighted by atomic mass is 32.1. The molecule has 1 aromatic carbocycles. The van der Waals surface area contributed by atoms with Crippen molar-refractivity contribution in [2.24, 2.45) is 5.16 Å². The first kappa shape index (κ1) is 16.3. The van der Waals surface area contributed by atoms with E-state index in [0.717, 1.165) is 40.9 Å². The summed E-state index contributed by atoms with van der Waals surface area (Å²) >= 11 is 1.76. The summed E-state index contributed by atoms with van der Waals surface area (Å²) in [6, 6.07) is 9.82. The zero-order valence-corrected chi connectivity index (χ0v) is 15.7. The Hall–Kier alpha value is -2.84. The van der Waals surface area contributed by atoms with Crippen LogP contribution in [-0.4, -0.2) is 44.3 Å². The molecule has 0 amide bonds. The molecule has 0 bridgehead atoms. The van der Waals surface area contributed by atoms with Crippen LogP contribution in [0.25, 0.3) is 15.9 Å². The number of fused-ring (bicyclic) bond motifs is 5. The summed E-state index contributed by atoms with van der Waals surface area (Å²) in [5.74, 6) is 0.599. The molecule has 0 aliphatic carbocycles. The summed E-state index contributed by atoms with van der Waals surface area (Å²) in [6.07, 6.45) is 4.43. The van der Waals surface area contributed by atoms with Gasteiger partial charge < -0.3 is 9.74 Å². The van der Waals surface area contributed by atoms with E-state index in [2.05, 4.69) is 27.2 Å². The lowest BCUT2D eigenvalue weighted by Crippen LogP contribution is -2.25. The van der Waals surface area contributed by atoms with Crippen molar-refractivity contribution in [1.82, 2.24) is 24.5 Å². The predicted molar refractivity (Wildman–Crippen MR) is 105 cm³/mol. The molecule has 0 N–H and O–H groups in total. The highest BCUT2D eigenvalue weighted by Gasteiger charge is 2.22. The number of likely N-dealkylation sites (N-methyl/N-ethyl adjacent to an activating group) is 1. The average molecular weight is 378 g/mol. The molecule has 0 spiro atoms. The van der Waals surface area contributed by atoms with Gasteiger partial charge in [-0.05, 0) is 24.6 Å². The maximum absolute atomic E-state index is 5.38. The van der Waals surface area contributed by atoms with E-state index >= 15 is 0 Å². The summed E-state index contributed by atoms with van der Waals surface area (Å²) in [7, 11) is 2.15. The summed E-state index contributed by atoms with van der Waals surface area (Å²) in [4.78, 5) is 19.4. The third kappa shape index (κ3) is 3.07. The van der Waals surface area contributed by atoms with Gasteiger partial charge in [-0.25, -0.2) is 14.5 Å². The van der Waals surface area contributed by atoms with Crippen LogP contribution in [0.4, 0.5) is 0 Å². The number of rotatable bonds is 4. The fourth-order valence-corrected chi connectivity index (χ4v) is 4.62. The lowest BCUT2D eigenvalue weighted by Gasteiger charge is -2.21. The quantitative estimate of drug-likeness (QED) is 0.403. The fourth-order valence-electron chi connectivity index (χ4n) is 3.36. The Morgan fingerprint density at radius 1 is 1.30 bits per heavy atom. The highest BCUT2D eigenvalue weighted by molar-refractivity contribution is 7.19. The van der Waals surface area contributed by atoms with Gasteiger partial charge in [0.15, 0.2) is 18.1 Å². The van der Waals surface area contributed by atoms with Gasteiger partial charge in [-0.2, -0.15) is 0 Å². The first-order valence-electron chi connectivity index (χ1n) is 8.81. The van der Waals surface area contributed by atoms with Crippen molar-refractivity contribution in [2.45, 2.75) is 19.6 Å². The number of hydrogen-bond donors (Lipinski definition) is 0. The molecule has 1 aliphatic heterocycles. The predicted octanol–water partition coefficient (Wildman–Crippen LogP) is 2.88. The topological polar surface area (TPSA) is 67.9 Å². The van der Waals surface area contributed by atoms with Crippen LogP contribution in [-0.2, 0) is 24.4 Å². The second-order valence-corrected chi connectivity index (χ2v) is 7.71. The molecule has 0 saturated carbocycles. The van der Waals surface area contributed by atoms with Gasteiger partial charge in [0.05, 0.1) is 11.6 Å². The SMILES string of the molecule is CN1CCc2c(sc3ncn4nc(CON=Cc5ccccc5)nc4c23)C1. The number of thiophene rings is 1. The van der Waals surface area contributed by atoms with Gasteiger partial charge in [0, 0.05) is 18.0 Å². The van der Waals surface area contributed by atoms with Crippen LogP contribution >= 0.6 is 11.3 Å². The molecule has 3 aromatic heterocycles. The van der Waals surface area contributed by atoms with E-state index in [1.165, 1.54) is 10.4 Å². The van der Waals surface area contributed by atoms with Crippen LogP contribution in [0.2, 0.25) is 0 Å². The van der Waals surface area contributed by atoms with E-state index in [-0.39, 0.29) is 6.61 Å². The van der Waals surface area contributed by atoms with Crippen molar-refractivity contribution in [1.29, 1.82) is 0 Å². The Labute approximate surface area is 159 Å². The van der Waals surface area contributed by atoms with Crippen LogP contribution < -0.4 is 0 Å². The monoisotopic (exact) mass is 378 g/mol. The molecule has 0 atom stereocenters. The standard InChI is InChI=1S/C19H18N6OS/c1-24-8-7-14-15(10-24)27-19-17(14)18-22-16(23-25(18)12-20-19)11-26-21-9-13-5-3-2-4-6-13/h2-6,9,12H,7-8,10-11H2,1H3. The minimum atomic E-state index is 0.224. The zero-order valence-electron chi connectivity index (χ0n) is 14.9. The maximum atomic E-state index is 5.38. The molecule has 8 heteroatoms. The largest absolute Gasteiger partial charge is 0.387 e. The number of benzene rings is 1. The molecular formula is C19H18N6OS. The molecular weight excluding hydrogens is 360 g/mol. The summed E-state index contributed by atoms with van der Waals surface area (Å²) in [5.41, 5.74) is 3.21. The van der Waals surface area contributed by atoms with Gasteiger partial charge in [-0.1, -0.05) is 35.5 Å². The van der Waals surface area contributed by atoms with E-state index < -0.39 is 0 Å². The molecule has 7 nitrogen and oxygen atoms in total. The van der Waals surface area contributed by atoms with Gasteiger partial charge in [0.1, 0.15) is 11.2 Å². The van der Waals surface area contributed by atoms with E-state index in [0.29, 0.717) is 5.82 Å². The Bertz CT molecular complexity index is 1130. The van der Waals surface area contributed by atoms with E-state index in [1.54, 1.807) is 28.4 Å². The second kappa shape index (κ2) is 6.71. The average Bonchev–Trinajstić information content (AvgIpc) is 3.25. The summed E-state index contributed by atoms with van der Waals surface area (Å²) in [6.45, 7) is 2.25. The van der Waals surface area contributed by atoms with Crippen molar-refractivity contribution in [2.75, 3.05) is 13.6 Å². The zero-order chi connectivity index (χ0) is 18.2. The van der Waals surface area contributed by atoms with Crippen molar-refractivity contribution in [3.8, 4) is 0 Å². The van der Waals surface area contributed by atoms with Crippen molar-refractivity contribution < 1.29 is 4.84 Å². The maximum Gasteiger partial charge on any atom is 0.192 e. The normalized spacial score (nSPS) is 15.0. The second-order valence-electron chi connectivity index (χ2n) is 6.63. The van der Waals surface area contributed by atoms with Crippen molar-refractivity contribution in [3.05, 3.63) is 58.5 Å². The van der Waals surface area contributed by atoms with E-state index in [4.69, 9.17) is 9.82 Å². The number of hydrogen-bond acceptors (Lipinski definition) is 7. The number of nitrogens with zero attached hydrogens (tertiary/aromatic N) is 6. The third-order valence-electron chi connectivity index (χ3n) is 4.68. The molecule has 136 valence electrons. The molecule has 0 saturated heterocycles. The van der Waals surface area contributed by atoms with Gasteiger partial charge in [-0.15, -0.1) is 16.4 Å². The number of aromatic nitrogens is 4. The van der Waals surface area contributed by atoms with Gasteiger partial charge in [-0.3, -0.25) is 0 Å². The smallest absolute Gasteiger partial charge is 0.192 e. The van der Waals surface area contributed by atoms with Crippen LogP contribution in [0.1, 0.15) is 21.8 Å². The Kier molecular flexibility index (Phi) is 4.06. The van der Waals surface area contributed by atoms with Gasteiger partial charge >= 0.3 is 0 Å². The van der Waals surface area contributed by atoms with Crippen LogP contribution in [0.3, 0.4) is 0 Å². The summed E-state index contributed by atoms with van der Waals surface area (Å²) < 4.78 is 1.74. The molecule has 0 unspecified atom stereocenters. The van der Waals surface area contributed by atoms with E-state index in [9.17, 15) is 0 Å². The Morgan fingerprint density at radius 2 is 2.19 bits per heavy atom. The first-order chi connectivity index (χ1) is 13.3. The van der Waals surface area contributed by atoms with Crippen LogP contribution in [0.15, 0.2) is 41.8 Å². The lowest BCUT2D eigenvalue weighted by molar-refractivity contribution is 0.126. The first-order valence-corrected chi connectivity index (χ1v) is 9.63. The Morgan fingerprint density at radius 3 is 3.07 bits per heavy atom. The van der Waals surface area contributed by atoms with Crippen molar-refractivity contribution in [3.63, 3.8) is 0 Å². The molecule has 27 heavy (non-hydrogen) atoms. The number of oxime groups is 1. The Balaban J connectivity index is 1.42. The van der Waals surface area contributed by atoms with Gasteiger partial charge in [0.2, 0.25) is 0 Å². The molecule has 5 rings (SSSR count). The third-order valence-corrected chi connectivity index (χ3v) is 5.81. The minimum absolute atomic E-state index is 0.224. The molecule has 4 heterocycles. The molecule has 1 aliphatic rings. The fraction of sp³-hybridized carbons (Fsp3) is 0.263. The lowest BCUT2D eigenvalue weighted by atomic mass is 10.1. The molecule has 4 aromatic rings. The van der Waals surface area contributed by atoms with Crippen LogP contribution in [0.5, 0.6) is 0 Å².